The van der Waals surface area contributed by atoms with Crippen LogP contribution in [0.4, 0.5) is 47.7 Å². The third-order valence-electron chi connectivity index (χ3n) is 8.13. The van der Waals surface area contributed by atoms with Crippen molar-refractivity contribution >= 4 is 50.4 Å². The van der Waals surface area contributed by atoms with E-state index in [-0.39, 0.29) is 17.5 Å². The van der Waals surface area contributed by atoms with E-state index in [0.29, 0.717) is 75.7 Å². The molecule has 2 aliphatic rings. The lowest BCUT2D eigenvalue weighted by atomic mass is 10.2. The summed E-state index contributed by atoms with van der Waals surface area (Å²) in [6, 6.07) is 10.4. The van der Waals surface area contributed by atoms with Crippen molar-refractivity contribution in [1.29, 1.82) is 0 Å². The van der Waals surface area contributed by atoms with E-state index in [4.69, 9.17) is 9.47 Å². The number of anilines is 6. The van der Waals surface area contributed by atoms with Gasteiger partial charge in [-0.25, -0.2) is 13.4 Å². The molecular formula is C30H37F3N8O5S. The zero-order chi connectivity index (χ0) is 33.9. The molecule has 0 spiro atoms. The number of alkyl halides is 3. The van der Waals surface area contributed by atoms with Gasteiger partial charge in [0.2, 0.25) is 21.9 Å². The fourth-order valence-corrected chi connectivity index (χ4v) is 6.34. The summed E-state index contributed by atoms with van der Waals surface area (Å²) in [5.41, 5.74) is 1.23. The lowest BCUT2D eigenvalue weighted by Gasteiger charge is -2.35. The maximum atomic E-state index is 14.0. The van der Waals surface area contributed by atoms with Crippen molar-refractivity contribution in [2.24, 2.45) is 0 Å². The maximum absolute atomic E-state index is 14.0. The molecule has 0 atom stereocenters. The summed E-state index contributed by atoms with van der Waals surface area (Å²) >= 11 is 0. The Morgan fingerprint density at radius 3 is 1.81 bits per heavy atom. The second-order valence-corrected chi connectivity index (χ2v) is 13.1. The van der Waals surface area contributed by atoms with Gasteiger partial charge in [-0.3, -0.25) is 4.79 Å². The minimum atomic E-state index is -4.75. The second kappa shape index (κ2) is 13.7. The smallest absolute Gasteiger partial charge is 0.421 e. The lowest BCUT2D eigenvalue weighted by Crippen LogP contribution is -2.48. The largest absolute Gasteiger partial charge is 0.494 e. The number of hydrogen-bond donors (Lipinski definition) is 2. The number of benzene rings is 2. The SMILES string of the molecule is COc1cc(N2CCN(S(C)(=O)=O)CC2)ccc1Nc1ncc(C(F)(F)F)c(Nc2ccc(N3CCN(C(C)=O)CC3)cc2OC)n1. The summed E-state index contributed by atoms with van der Waals surface area (Å²) in [6.07, 6.45) is -2.86. The summed E-state index contributed by atoms with van der Waals surface area (Å²) in [6.45, 7) is 5.56. The Kier molecular flexibility index (Phi) is 9.86. The number of nitrogens with one attached hydrogen (secondary N) is 2. The molecule has 3 heterocycles. The number of ether oxygens (including phenoxy) is 2. The van der Waals surface area contributed by atoms with E-state index in [9.17, 15) is 26.4 Å². The van der Waals surface area contributed by atoms with Gasteiger partial charge in [0.05, 0.1) is 31.9 Å². The number of carbonyl (C=O) groups is 1. The number of sulfonamides is 1. The van der Waals surface area contributed by atoms with E-state index >= 15 is 0 Å². The first-order valence-electron chi connectivity index (χ1n) is 14.8. The predicted octanol–water partition coefficient (Wildman–Crippen LogP) is 3.75. The Labute approximate surface area is 271 Å². The normalized spacial score (nSPS) is 16.2. The first kappa shape index (κ1) is 33.8. The molecule has 0 unspecified atom stereocenters. The number of nitrogens with zero attached hydrogens (tertiary/aromatic N) is 6. The van der Waals surface area contributed by atoms with E-state index in [1.165, 1.54) is 31.7 Å². The number of methoxy groups -OCH3 is 2. The standard InChI is InChI=1S/C30H37F3N8O5S/c1-20(42)38-9-11-39(12-10-38)21-5-7-24(26(17-21)45-2)35-28-23(30(31,32)33)19-34-29(37-28)36-25-8-6-22(18-27(25)46-3)40-13-15-41(16-14-40)47(4,43)44/h5-8,17-19H,9-16H2,1-4H3,(H2,34,35,36,37). The van der Waals surface area contributed by atoms with Gasteiger partial charge in [-0.1, -0.05) is 0 Å². The first-order chi connectivity index (χ1) is 22.3. The van der Waals surface area contributed by atoms with Gasteiger partial charge in [-0.15, -0.1) is 0 Å². The molecule has 2 N–H and O–H groups in total. The van der Waals surface area contributed by atoms with Gasteiger partial charge in [-0.05, 0) is 24.3 Å². The zero-order valence-electron chi connectivity index (χ0n) is 26.5. The molecule has 47 heavy (non-hydrogen) atoms. The van der Waals surface area contributed by atoms with Crippen LogP contribution in [0.2, 0.25) is 0 Å². The van der Waals surface area contributed by atoms with Crippen molar-refractivity contribution in [1.82, 2.24) is 19.2 Å². The predicted molar refractivity (Wildman–Crippen MR) is 173 cm³/mol. The van der Waals surface area contributed by atoms with Crippen LogP contribution >= 0.6 is 0 Å². The Bertz CT molecular complexity index is 1710. The van der Waals surface area contributed by atoms with Crippen molar-refractivity contribution in [3.05, 3.63) is 48.2 Å². The van der Waals surface area contributed by atoms with Crippen LogP contribution in [0.25, 0.3) is 0 Å². The topological polar surface area (TPSA) is 132 Å². The van der Waals surface area contributed by atoms with Crippen LogP contribution in [-0.4, -0.2) is 106 Å². The molecule has 17 heteroatoms. The van der Waals surface area contributed by atoms with Gasteiger partial charge in [0, 0.05) is 89.0 Å². The number of carbonyl (C=O) groups excluding carboxylic acids is 1. The van der Waals surface area contributed by atoms with Crippen LogP contribution in [0.3, 0.4) is 0 Å². The van der Waals surface area contributed by atoms with Crippen LogP contribution in [0.1, 0.15) is 12.5 Å². The van der Waals surface area contributed by atoms with Crippen LogP contribution in [0.5, 0.6) is 11.5 Å². The van der Waals surface area contributed by atoms with E-state index in [1.54, 1.807) is 41.3 Å². The van der Waals surface area contributed by atoms with Crippen molar-refractivity contribution in [3.8, 4) is 11.5 Å². The van der Waals surface area contributed by atoms with Crippen LogP contribution in [0.15, 0.2) is 42.6 Å². The minimum Gasteiger partial charge on any atom is -0.494 e. The molecule has 2 aliphatic heterocycles. The molecule has 254 valence electrons. The van der Waals surface area contributed by atoms with Crippen molar-refractivity contribution in [2.75, 3.05) is 93.3 Å². The van der Waals surface area contributed by atoms with Gasteiger partial charge in [0.1, 0.15) is 22.9 Å². The summed E-state index contributed by atoms with van der Waals surface area (Å²) in [5, 5.41) is 5.73. The molecule has 13 nitrogen and oxygen atoms in total. The molecule has 0 saturated carbocycles. The fourth-order valence-electron chi connectivity index (χ4n) is 5.51. The molecule has 5 rings (SSSR count). The summed E-state index contributed by atoms with van der Waals surface area (Å²) in [5.74, 6) is 0.140. The van der Waals surface area contributed by atoms with Gasteiger partial charge in [-0.2, -0.15) is 22.5 Å². The minimum absolute atomic E-state index is 0.0126. The quantitative estimate of drug-likeness (QED) is 0.343. The van der Waals surface area contributed by atoms with Crippen LogP contribution < -0.4 is 29.9 Å². The third-order valence-corrected chi connectivity index (χ3v) is 9.43. The Morgan fingerprint density at radius 2 is 1.34 bits per heavy atom. The molecule has 0 bridgehead atoms. The summed E-state index contributed by atoms with van der Waals surface area (Å²) in [4.78, 5) is 25.6. The van der Waals surface area contributed by atoms with Crippen molar-refractivity contribution in [2.45, 2.75) is 13.1 Å². The average Bonchev–Trinajstić information content (AvgIpc) is 3.04. The van der Waals surface area contributed by atoms with Gasteiger partial charge >= 0.3 is 6.18 Å². The molecule has 1 amide bonds. The molecule has 2 fully saturated rings. The summed E-state index contributed by atoms with van der Waals surface area (Å²) < 4.78 is 78.4. The fraction of sp³-hybridized carbons (Fsp3) is 0.433. The molecule has 0 radical (unpaired) electrons. The maximum Gasteiger partial charge on any atom is 0.421 e. The highest BCUT2D eigenvalue weighted by atomic mass is 32.2. The molecule has 2 aromatic carbocycles. The Morgan fingerprint density at radius 1 is 0.830 bits per heavy atom. The van der Waals surface area contributed by atoms with Gasteiger partial charge < -0.3 is 34.8 Å². The second-order valence-electron chi connectivity index (χ2n) is 11.1. The zero-order valence-corrected chi connectivity index (χ0v) is 27.3. The number of halogens is 3. The van der Waals surface area contributed by atoms with Gasteiger partial charge in [0.25, 0.3) is 0 Å². The highest BCUT2D eigenvalue weighted by Gasteiger charge is 2.36. The lowest BCUT2D eigenvalue weighted by molar-refractivity contribution is -0.137. The molecule has 0 aliphatic carbocycles. The highest BCUT2D eigenvalue weighted by Crippen LogP contribution is 2.39. The monoisotopic (exact) mass is 678 g/mol. The number of aromatic nitrogens is 2. The van der Waals surface area contributed by atoms with E-state index in [0.717, 1.165) is 11.4 Å². The van der Waals surface area contributed by atoms with E-state index in [2.05, 4.69) is 25.5 Å². The van der Waals surface area contributed by atoms with Crippen molar-refractivity contribution in [3.63, 3.8) is 0 Å². The molecule has 3 aromatic rings. The number of hydrogen-bond acceptors (Lipinski definition) is 11. The first-order valence-corrected chi connectivity index (χ1v) is 16.7. The van der Waals surface area contributed by atoms with Gasteiger partial charge in [0.15, 0.2) is 0 Å². The molecule has 2 saturated heterocycles. The Hall–Kier alpha value is -4.51. The van der Waals surface area contributed by atoms with Crippen LogP contribution in [0, 0.1) is 0 Å². The average molecular weight is 679 g/mol. The van der Waals surface area contributed by atoms with E-state index in [1.807, 2.05) is 4.90 Å². The van der Waals surface area contributed by atoms with E-state index < -0.39 is 27.6 Å². The number of rotatable bonds is 9. The van der Waals surface area contributed by atoms with Crippen molar-refractivity contribution < 1.29 is 35.9 Å². The van der Waals surface area contributed by atoms with Crippen LogP contribution in [-0.2, 0) is 21.0 Å². The summed E-state index contributed by atoms with van der Waals surface area (Å²) in [7, 11) is -0.382. The molecule has 1 aromatic heterocycles. The number of piperazine rings is 2. The molecular weight excluding hydrogens is 641 g/mol. The third kappa shape index (κ3) is 7.90. The highest BCUT2D eigenvalue weighted by molar-refractivity contribution is 7.88. The number of amides is 1. The Balaban J connectivity index is 1.36.